The summed E-state index contributed by atoms with van der Waals surface area (Å²) in [5.74, 6) is -0.0706. The van der Waals surface area contributed by atoms with Crippen molar-refractivity contribution in [2.75, 3.05) is 19.5 Å². The van der Waals surface area contributed by atoms with Gasteiger partial charge in [-0.05, 0) is 25.6 Å². The van der Waals surface area contributed by atoms with Gasteiger partial charge in [-0.3, -0.25) is 4.79 Å². The molecule has 0 unspecified atom stereocenters. The highest BCUT2D eigenvalue weighted by molar-refractivity contribution is 7.89. The first-order valence-corrected chi connectivity index (χ1v) is 6.90. The molecular formula is C9H13ClN2O4S. The third-order valence-electron chi connectivity index (χ3n) is 1.93. The Morgan fingerprint density at radius 3 is 2.76 bits per heavy atom. The minimum Gasteiger partial charge on any atom is -0.438 e. The molecule has 0 radical (unpaired) electrons. The summed E-state index contributed by atoms with van der Waals surface area (Å²) in [6, 6.07) is 2.53. The lowest BCUT2D eigenvalue weighted by atomic mass is 10.4. The van der Waals surface area contributed by atoms with Gasteiger partial charge in [0.25, 0.3) is 15.9 Å². The zero-order valence-electron chi connectivity index (χ0n) is 9.20. The van der Waals surface area contributed by atoms with Crippen LogP contribution in [0, 0.1) is 0 Å². The number of halogens is 1. The van der Waals surface area contributed by atoms with Crippen molar-refractivity contribution in [3.8, 4) is 0 Å². The SMILES string of the molecule is CNS(=O)(=O)c1ccc(C(=O)NCCCCl)o1. The molecule has 1 heterocycles. The van der Waals surface area contributed by atoms with Crippen LogP contribution in [0.1, 0.15) is 17.0 Å². The van der Waals surface area contributed by atoms with Gasteiger partial charge >= 0.3 is 0 Å². The predicted octanol–water partition coefficient (Wildman–Crippen LogP) is 0.546. The van der Waals surface area contributed by atoms with Crippen molar-refractivity contribution >= 4 is 27.5 Å². The number of nitrogens with one attached hydrogen (secondary N) is 2. The Morgan fingerprint density at radius 2 is 2.18 bits per heavy atom. The molecule has 0 aliphatic rings. The van der Waals surface area contributed by atoms with E-state index in [1.54, 1.807) is 0 Å². The maximum atomic E-state index is 11.5. The molecule has 0 saturated carbocycles. The number of alkyl halides is 1. The molecule has 17 heavy (non-hydrogen) atoms. The molecule has 0 aliphatic carbocycles. The Balaban J connectivity index is 2.71. The summed E-state index contributed by atoms with van der Waals surface area (Å²) in [5, 5.41) is 2.26. The van der Waals surface area contributed by atoms with Crippen molar-refractivity contribution in [1.82, 2.24) is 10.0 Å². The molecule has 0 aliphatic heterocycles. The van der Waals surface area contributed by atoms with Gasteiger partial charge in [0.1, 0.15) is 0 Å². The predicted molar refractivity (Wildman–Crippen MR) is 62.6 cm³/mol. The topological polar surface area (TPSA) is 88.4 Å². The summed E-state index contributed by atoms with van der Waals surface area (Å²) in [4.78, 5) is 11.5. The van der Waals surface area contributed by atoms with Crippen LogP contribution in [-0.4, -0.2) is 33.8 Å². The highest BCUT2D eigenvalue weighted by Gasteiger charge is 2.19. The normalized spacial score (nSPS) is 11.4. The lowest BCUT2D eigenvalue weighted by Gasteiger charge is -2.00. The van der Waals surface area contributed by atoms with E-state index in [0.717, 1.165) is 0 Å². The molecule has 0 aromatic carbocycles. The molecule has 96 valence electrons. The number of amides is 1. The van der Waals surface area contributed by atoms with E-state index in [1.807, 2.05) is 0 Å². The van der Waals surface area contributed by atoms with Crippen LogP contribution in [0.15, 0.2) is 21.6 Å². The lowest BCUT2D eigenvalue weighted by molar-refractivity contribution is 0.0921. The van der Waals surface area contributed by atoms with Crippen molar-refractivity contribution in [3.05, 3.63) is 17.9 Å². The van der Waals surface area contributed by atoms with Crippen molar-refractivity contribution < 1.29 is 17.6 Å². The van der Waals surface area contributed by atoms with E-state index in [-0.39, 0.29) is 10.9 Å². The first kappa shape index (κ1) is 14.0. The van der Waals surface area contributed by atoms with Gasteiger partial charge in [-0.25, -0.2) is 13.1 Å². The van der Waals surface area contributed by atoms with Crippen LogP contribution in [0.2, 0.25) is 0 Å². The Kier molecular flexibility index (Phi) is 4.98. The van der Waals surface area contributed by atoms with E-state index in [0.29, 0.717) is 18.8 Å². The van der Waals surface area contributed by atoms with Gasteiger partial charge in [0.05, 0.1) is 0 Å². The van der Waals surface area contributed by atoms with Gasteiger partial charge in [-0.1, -0.05) is 0 Å². The van der Waals surface area contributed by atoms with Crippen LogP contribution in [0.4, 0.5) is 0 Å². The van der Waals surface area contributed by atoms with Gasteiger partial charge in [0.2, 0.25) is 5.09 Å². The Labute approximate surface area is 104 Å². The third-order valence-corrected chi connectivity index (χ3v) is 3.49. The lowest BCUT2D eigenvalue weighted by Crippen LogP contribution is -2.24. The second-order valence-corrected chi connectivity index (χ2v) is 5.32. The molecule has 8 heteroatoms. The second kappa shape index (κ2) is 6.04. The molecule has 2 N–H and O–H groups in total. The van der Waals surface area contributed by atoms with Gasteiger partial charge in [0.15, 0.2) is 5.76 Å². The van der Waals surface area contributed by atoms with Crippen molar-refractivity contribution in [3.63, 3.8) is 0 Å². The van der Waals surface area contributed by atoms with Gasteiger partial charge < -0.3 is 9.73 Å². The molecule has 0 spiro atoms. The molecule has 6 nitrogen and oxygen atoms in total. The number of rotatable bonds is 6. The molecule has 1 rings (SSSR count). The molecule has 0 fully saturated rings. The molecule has 0 saturated heterocycles. The zero-order valence-corrected chi connectivity index (χ0v) is 10.8. The average molecular weight is 281 g/mol. The van der Waals surface area contributed by atoms with Crippen LogP contribution in [0.3, 0.4) is 0 Å². The standard InChI is InChI=1S/C9H13ClN2O4S/c1-11-17(14,15)8-4-3-7(16-8)9(13)12-6-2-5-10/h3-4,11H,2,5-6H2,1H3,(H,12,13). The first-order chi connectivity index (χ1) is 8.01. The van der Waals surface area contributed by atoms with E-state index in [2.05, 4.69) is 10.0 Å². The zero-order chi connectivity index (χ0) is 12.9. The largest absolute Gasteiger partial charge is 0.438 e. The average Bonchev–Trinajstić information content (AvgIpc) is 2.79. The molecule has 0 atom stereocenters. The molecule has 1 aromatic rings. The number of furan rings is 1. The number of sulfonamides is 1. The Hall–Kier alpha value is -1.05. The number of carbonyl (C=O) groups excluding carboxylic acids is 1. The summed E-state index contributed by atoms with van der Waals surface area (Å²) in [6.07, 6.45) is 0.635. The van der Waals surface area contributed by atoms with E-state index < -0.39 is 15.9 Å². The summed E-state index contributed by atoms with van der Waals surface area (Å²) < 4.78 is 29.7. The summed E-state index contributed by atoms with van der Waals surface area (Å²) in [6.45, 7) is 0.414. The van der Waals surface area contributed by atoms with Crippen LogP contribution in [-0.2, 0) is 10.0 Å². The smallest absolute Gasteiger partial charge is 0.287 e. The quantitative estimate of drug-likeness (QED) is 0.588. The Bertz CT molecular complexity index is 483. The third kappa shape index (κ3) is 3.72. The maximum absolute atomic E-state index is 11.5. The van der Waals surface area contributed by atoms with E-state index >= 15 is 0 Å². The van der Waals surface area contributed by atoms with E-state index in [9.17, 15) is 13.2 Å². The minimum atomic E-state index is -3.65. The van der Waals surface area contributed by atoms with Crippen LogP contribution in [0.25, 0.3) is 0 Å². The van der Waals surface area contributed by atoms with Gasteiger partial charge in [0, 0.05) is 12.4 Å². The number of carbonyl (C=O) groups is 1. The molecule has 0 bridgehead atoms. The van der Waals surface area contributed by atoms with Crippen LogP contribution >= 0.6 is 11.6 Å². The van der Waals surface area contributed by atoms with Crippen molar-refractivity contribution in [2.24, 2.45) is 0 Å². The highest BCUT2D eigenvalue weighted by atomic mass is 35.5. The summed E-state index contributed by atoms with van der Waals surface area (Å²) in [7, 11) is -2.39. The van der Waals surface area contributed by atoms with Gasteiger partial charge in [-0.15, -0.1) is 11.6 Å². The summed E-state index contributed by atoms with van der Waals surface area (Å²) >= 11 is 5.45. The fourth-order valence-electron chi connectivity index (χ4n) is 1.04. The minimum absolute atomic E-state index is 0.0478. The fourth-order valence-corrected chi connectivity index (χ4v) is 1.82. The maximum Gasteiger partial charge on any atom is 0.287 e. The molecule has 1 amide bonds. The second-order valence-electron chi connectivity index (χ2n) is 3.12. The monoisotopic (exact) mass is 280 g/mol. The number of hydrogen-bond acceptors (Lipinski definition) is 4. The Morgan fingerprint density at radius 1 is 1.47 bits per heavy atom. The molecule has 1 aromatic heterocycles. The summed E-state index contributed by atoms with van der Waals surface area (Å²) in [5.41, 5.74) is 0. The van der Waals surface area contributed by atoms with Gasteiger partial charge in [-0.2, -0.15) is 0 Å². The van der Waals surface area contributed by atoms with Crippen LogP contribution < -0.4 is 10.0 Å². The van der Waals surface area contributed by atoms with E-state index in [1.165, 1.54) is 19.2 Å². The molecular weight excluding hydrogens is 268 g/mol. The van der Waals surface area contributed by atoms with Crippen LogP contribution in [0.5, 0.6) is 0 Å². The van der Waals surface area contributed by atoms with E-state index in [4.69, 9.17) is 16.0 Å². The fraction of sp³-hybridized carbons (Fsp3) is 0.444. The number of hydrogen-bond donors (Lipinski definition) is 2. The van der Waals surface area contributed by atoms with Crippen molar-refractivity contribution in [2.45, 2.75) is 11.5 Å². The van der Waals surface area contributed by atoms with Crippen molar-refractivity contribution in [1.29, 1.82) is 0 Å². The first-order valence-electron chi connectivity index (χ1n) is 4.89. The highest BCUT2D eigenvalue weighted by Crippen LogP contribution is 2.13.